The van der Waals surface area contributed by atoms with Gasteiger partial charge in [-0.3, -0.25) is 4.79 Å². The second-order valence-corrected chi connectivity index (χ2v) is 4.62. The first-order valence-corrected chi connectivity index (χ1v) is 7.01. The van der Waals surface area contributed by atoms with Gasteiger partial charge >= 0.3 is 12.0 Å². The molecule has 0 saturated heterocycles. The summed E-state index contributed by atoms with van der Waals surface area (Å²) < 4.78 is 5.42. The molecule has 0 aliphatic rings. The summed E-state index contributed by atoms with van der Waals surface area (Å²) in [6, 6.07) is 7.07. The summed E-state index contributed by atoms with van der Waals surface area (Å²) >= 11 is 0. The molecule has 0 heterocycles. The van der Waals surface area contributed by atoms with Crippen molar-refractivity contribution in [1.29, 1.82) is 0 Å². The van der Waals surface area contributed by atoms with Crippen LogP contribution in [0.25, 0.3) is 0 Å². The van der Waals surface area contributed by atoms with Gasteiger partial charge in [0.15, 0.2) is 0 Å². The van der Waals surface area contributed by atoms with Gasteiger partial charge in [-0.15, -0.1) is 0 Å². The van der Waals surface area contributed by atoms with Crippen LogP contribution in [0.15, 0.2) is 24.3 Å². The largest absolute Gasteiger partial charge is 0.494 e. The van der Waals surface area contributed by atoms with Crippen LogP contribution >= 0.6 is 0 Å². The van der Waals surface area contributed by atoms with Crippen molar-refractivity contribution in [2.24, 2.45) is 0 Å². The Morgan fingerprint density at radius 1 is 1.38 bits per heavy atom. The van der Waals surface area contributed by atoms with E-state index >= 15 is 0 Å². The van der Waals surface area contributed by atoms with Crippen LogP contribution in [0.5, 0.6) is 5.75 Å². The molecule has 1 aromatic rings. The molecule has 0 fully saturated rings. The van der Waals surface area contributed by atoms with Crippen LogP contribution in [0.4, 0.5) is 4.79 Å². The Hall–Kier alpha value is -2.24. The second kappa shape index (κ2) is 8.84. The number of carbonyl (C=O) groups is 2. The highest BCUT2D eigenvalue weighted by Crippen LogP contribution is 2.18. The first-order chi connectivity index (χ1) is 10.0. The van der Waals surface area contributed by atoms with Gasteiger partial charge in [-0.2, -0.15) is 0 Å². The number of hydrogen-bond acceptors (Lipinski definition) is 3. The average Bonchev–Trinajstić information content (AvgIpc) is 2.44. The first-order valence-electron chi connectivity index (χ1n) is 7.01. The molecule has 1 unspecified atom stereocenters. The van der Waals surface area contributed by atoms with Crippen molar-refractivity contribution < 1.29 is 19.4 Å². The molecule has 2 amide bonds. The second-order valence-electron chi connectivity index (χ2n) is 4.62. The summed E-state index contributed by atoms with van der Waals surface area (Å²) in [6.45, 7) is 4.72. The van der Waals surface area contributed by atoms with E-state index in [1.165, 1.54) is 0 Å². The lowest BCUT2D eigenvalue weighted by molar-refractivity contribution is -0.137. The maximum Gasteiger partial charge on any atom is 0.315 e. The number of rotatable bonds is 8. The highest BCUT2D eigenvalue weighted by molar-refractivity contribution is 5.74. The molecule has 0 aliphatic carbocycles. The topological polar surface area (TPSA) is 87.7 Å². The van der Waals surface area contributed by atoms with E-state index in [9.17, 15) is 9.59 Å². The van der Waals surface area contributed by atoms with E-state index in [1.54, 1.807) is 0 Å². The van der Waals surface area contributed by atoms with Gasteiger partial charge in [0, 0.05) is 13.0 Å². The van der Waals surface area contributed by atoms with Crippen LogP contribution in [0.1, 0.15) is 38.3 Å². The van der Waals surface area contributed by atoms with Crippen molar-refractivity contribution in [3.05, 3.63) is 29.8 Å². The molecule has 6 heteroatoms. The molecule has 1 aromatic carbocycles. The van der Waals surface area contributed by atoms with E-state index in [2.05, 4.69) is 10.6 Å². The summed E-state index contributed by atoms with van der Waals surface area (Å²) in [5.41, 5.74) is 0.946. The Morgan fingerprint density at radius 3 is 2.81 bits per heavy atom. The van der Waals surface area contributed by atoms with Crippen molar-refractivity contribution >= 4 is 12.0 Å². The van der Waals surface area contributed by atoms with E-state index in [0.29, 0.717) is 19.6 Å². The zero-order valence-electron chi connectivity index (χ0n) is 12.4. The Bertz CT molecular complexity index is 476. The van der Waals surface area contributed by atoms with Crippen LogP contribution in [0.3, 0.4) is 0 Å². The standard InChI is InChI=1S/C15H22N2O4/c1-3-21-13-7-4-6-12(10-13)11(2)17-15(20)16-9-5-8-14(18)19/h4,6-7,10-11H,3,5,8-9H2,1-2H3,(H,18,19)(H2,16,17,20). The molecule has 0 aliphatic heterocycles. The molecule has 0 radical (unpaired) electrons. The van der Waals surface area contributed by atoms with Gasteiger partial charge in [-0.05, 0) is 38.0 Å². The maximum absolute atomic E-state index is 11.7. The average molecular weight is 294 g/mol. The molecule has 0 spiro atoms. The van der Waals surface area contributed by atoms with Crippen LogP contribution in [0.2, 0.25) is 0 Å². The van der Waals surface area contributed by atoms with Gasteiger partial charge in [0.25, 0.3) is 0 Å². The molecular weight excluding hydrogens is 272 g/mol. The molecule has 21 heavy (non-hydrogen) atoms. The first kappa shape index (κ1) is 16.8. The fourth-order valence-corrected chi connectivity index (χ4v) is 1.81. The number of amides is 2. The monoisotopic (exact) mass is 294 g/mol. The summed E-state index contributed by atoms with van der Waals surface area (Å²) in [5.74, 6) is -0.0937. The number of benzene rings is 1. The molecular formula is C15H22N2O4. The third kappa shape index (κ3) is 6.65. The van der Waals surface area contributed by atoms with Crippen LogP contribution in [0, 0.1) is 0 Å². The SMILES string of the molecule is CCOc1cccc(C(C)NC(=O)NCCCC(=O)O)c1. The van der Waals surface area contributed by atoms with E-state index < -0.39 is 5.97 Å². The molecule has 0 bridgehead atoms. The minimum absolute atomic E-state index is 0.0479. The van der Waals surface area contributed by atoms with E-state index in [-0.39, 0.29) is 18.5 Å². The van der Waals surface area contributed by atoms with Gasteiger partial charge in [0.2, 0.25) is 0 Å². The highest BCUT2D eigenvalue weighted by atomic mass is 16.5. The normalized spacial score (nSPS) is 11.5. The van der Waals surface area contributed by atoms with Gasteiger partial charge in [0.1, 0.15) is 5.75 Å². The molecule has 1 rings (SSSR count). The van der Waals surface area contributed by atoms with Crippen molar-refractivity contribution in [1.82, 2.24) is 10.6 Å². The van der Waals surface area contributed by atoms with Gasteiger partial charge in [-0.1, -0.05) is 12.1 Å². The summed E-state index contributed by atoms with van der Waals surface area (Å²) in [6.07, 6.45) is 0.462. The summed E-state index contributed by atoms with van der Waals surface area (Å²) in [7, 11) is 0. The molecule has 6 nitrogen and oxygen atoms in total. The van der Waals surface area contributed by atoms with Gasteiger partial charge in [-0.25, -0.2) is 4.79 Å². The lowest BCUT2D eigenvalue weighted by Gasteiger charge is -2.16. The number of carbonyl (C=O) groups excluding carboxylic acids is 1. The van der Waals surface area contributed by atoms with Crippen LogP contribution < -0.4 is 15.4 Å². The number of nitrogens with one attached hydrogen (secondary N) is 2. The molecule has 3 N–H and O–H groups in total. The minimum Gasteiger partial charge on any atom is -0.494 e. The van der Waals surface area contributed by atoms with Gasteiger partial charge < -0.3 is 20.5 Å². The van der Waals surface area contributed by atoms with Crippen molar-refractivity contribution in [3.63, 3.8) is 0 Å². The predicted molar refractivity (Wildman–Crippen MR) is 79.4 cm³/mol. The molecule has 116 valence electrons. The van der Waals surface area contributed by atoms with Crippen LogP contribution in [-0.2, 0) is 4.79 Å². The third-order valence-corrected chi connectivity index (χ3v) is 2.87. The Balaban J connectivity index is 2.41. The zero-order chi connectivity index (χ0) is 15.7. The predicted octanol–water partition coefficient (Wildman–Crippen LogP) is 2.31. The summed E-state index contributed by atoms with van der Waals surface area (Å²) in [4.78, 5) is 22.0. The third-order valence-electron chi connectivity index (χ3n) is 2.87. The van der Waals surface area contributed by atoms with E-state index in [1.807, 2.05) is 38.1 Å². The number of aliphatic carboxylic acids is 1. The molecule has 0 saturated carbocycles. The number of carboxylic acid groups (broad SMARTS) is 1. The minimum atomic E-state index is -0.863. The maximum atomic E-state index is 11.7. The van der Waals surface area contributed by atoms with Crippen molar-refractivity contribution in [2.45, 2.75) is 32.7 Å². The van der Waals surface area contributed by atoms with Gasteiger partial charge in [0.05, 0.1) is 12.6 Å². The smallest absolute Gasteiger partial charge is 0.315 e. The Morgan fingerprint density at radius 2 is 2.14 bits per heavy atom. The Kier molecular flexibility index (Phi) is 7.08. The fraction of sp³-hybridized carbons (Fsp3) is 0.467. The molecule has 1 atom stereocenters. The lowest BCUT2D eigenvalue weighted by Crippen LogP contribution is -2.37. The Labute approximate surface area is 124 Å². The van der Waals surface area contributed by atoms with Crippen LogP contribution in [-0.4, -0.2) is 30.3 Å². The number of urea groups is 1. The number of hydrogen-bond donors (Lipinski definition) is 3. The zero-order valence-corrected chi connectivity index (χ0v) is 12.4. The fourth-order valence-electron chi connectivity index (χ4n) is 1.81. The van der Waals surface area contributed by atoms with Crippen molar-refractivity contribution in [2.75, 3.05) is 13.2 Å². The number of carboxylic acids is 1. The number of ether oxygens (including phenoxy) is 1. The highest BCUT2D eigenvalue weighted by Gasteiger charge is 2.10. The van der Waals surface area contributed by atoms with E-state index in [0.717, 1.165) is 11.3 Å². The lowest BCUT2D eigenvalue weighted by atomic mass is 10.1. The molecule has 0 aromatic heterocycles. The van der Waals surface area contributed by atoms with E-state index in [4.69, 9.17) is 9.84 Å². The summed E-state index contributed by atoms with van der Waals surface area (Å²) in [5, 5.41) is 13.9. The van der Waals surface area contributed by atoms with Crippen molar-refractivity contribution in [3.8, 4) is 5.75 Å². The quantitative estimate of drug-likeness (QED) is 0.642.